The number of rotatable bonds is 2. The highest BCUT2D eigenvalue weighted by Crippen LogP contribution is 2.25. The quantitative estimate of drug-likeness (QED) is 0.825. The highest BCUT2D eigenvalue weighted by molar-refractivity contribution is 5.91. The van der Waals surface area contributed by atoms with E-state index in [1.807, 2.05) is 24.0 Å². The minimum Gasteiger partial charge on any atom is -0.497 e. The van der Waals surface area contributed by atoms with Crippen molar-refractivity contribution in [3.63, 3.8) is 0 Å². The van der Waals surface area contributed by atoms with E-state index in [0.29, 0.717) is 13.0 Å². The lowest BCUT2D eigenvalue weighted by atomic mass is 9.98. The van der Waals surface area contributed by atoms with Gasteiger partial charge in [-0.25, -0.2) is 0 Å². The fraction of sp³-hybridized carbons (Fsp3) is 0.467. The summed E-state index contributed by atoms with van der Waals surface area (Å²) in [7, 11) is 1.67. The van der Waals surface area contributed by atoms with Crippen LogP contribution in [0, 0.1) is 0 Å². The minimum absolute atomic E-state index is 0.0343. The van der Waals surface area contributed by atoms with Crippen LogP contribution < -0.4 is 4.74 Å². The Labute approximate surface area is 118 Å². The molecule has 0 saturated carbocycles. The van der Waals surface area contributed by atoms with Crippen LogP contribution in [0.5, 0.6) is 5.75 Å². The number of carbonyl (C=O) groups is 1. The van der Waals surface area contributed by atoms with Gasteiger partial charge < -0.3 is 14.5 Å². The molecule has 0 aliphatic carbocycles. The lowest BCUT2D eigenvalue weighted by Gasteiger charge is -2.30. The van der Waals surface area contributed by atoms with Gasteiger partial charge in [0.2, 0.25) is 6.10 Å². The van der Waals surface area contributed by atoms with Crippen molar-refractivity contribution >= 4 is 11.6 Å². The van der Waals surface area contributed by atoms with Gasteiger partial charge in [0.15, 0.2) is 0 Å². The van der Waals surface area contributed by atoms with Crippen LogP contribution in [0.3, 0.4) is 0 Å². The second-order valence-corrected chi connectivity index (χ2v) is 5.27. The van der Waals surface area contributed by atoms with Gasteiger partial charge in [-0.15, -0.1) is 0 Å². The summed E-state index contributed by atoms with van der Waals surface area (Å²) in [6.07, 6.45) is 1.02. The summed E-state index contributed by atoms with van der Waals surface area (Å²) in [4.78, 5) is 19.4. The molecule has 0 saturated heterocycles. The number of nitrogens with zero attached hydrogens (tertiary/aromatic N) is 2. The lowest BCUT2D eigenvalue weighted by Crippen LogP contribution is -2.42. The van der Waals surface area contributed by atoms with Crippen molar-refractivity contribution in [2.45, 2.75) is 32.4 Å². The first-order valence-corrected chi connectivity index (χ1v) is 6.81. The number of fused-ring (bicyclic) bond motifs is 1. The molecule has 5 nitrogen and oxygen atoms in total. The molecule has 1 amide bonds. The number of ether oxygens (including phenoxy) is 1. The Balaban J connectivity index is 1.71. The number of amides is 1. The average Bonchev–Trinajstić information content (AvgIpc) is 2.92. The molecule has 20 heavy (non-hydrogen) atoms. The molecule has 3 rings (SSSR count). The van der Waals surface area contributed by atoms with Crippen LogP contribution in [0.2, 0.25) is 0 Å². The summed E-state index contributed by atoms with van der Waals surface area (Å²) in [6, 6.07) is 6.02. The van der Waals surface area contributed by atoms with Crippen LogP contribution in [-0.4, -0.2) is 36.3 Å². The van der Waals surface area contributed by atoms with Crippen molar-refractivity contribution in [3.8, 4) is 5.75 Å². The van der Waals surface area contributed by atoms with Gasteiger partial charge in [-0.2, -0.15) is 0 Å². The normalized spacial score (nSPS) is 21.0. The van der Waals surface area contributed by atoms with Crippen LogP contribution in [0.25, 0.3) is 0 Å². The third-order valence-electron chi connectivity index (χ3n) is 3.83. The fourth-order valence-electron chi connectivity index (χ4n) is 2.68. The van der Waals surface area contributed by atoms with Gasteiger partial charge in [-0.1, -0.05) is 11.2 Å². The van der Waals surface area contributed by atoms with Gasteiger partial charge in [0, 0.05) is 19.5 Å². The summed E-state index contributed by atoms with van der Waals surface area (Å²) >= 11 is 0. The van der Waals surface area contributed by atoms with E-state index in [4.69, 9.17) is 9.57 Å². The topological polar surface area (TPSA) is 51.1 Å². The molecule has 106 valence electrons. The first-order valence-electron chi connectivity index (χ1n) is 6.81. The maximum atomic E-state index is 12.4. The third-order valence-corrected chi connectivity index (χ3v) is 3.83. The van der Waals surface area contributed by atoms with Crippen LogP contribution in [0.15, 0.2) is 23.4 Å². The van der Waals surface area contributed by atoms with Crippen LogP contribution in [0.4, 0.5) is 0 Å². The predicted octanol–water partition coefficient (Wildman–Crippen LogP) is 1.74. The number of oxime groups is 1. The molecule has 5 heteroatoms. The molecule has 0 aromatic heterocycles. The second kappa shape index (κ2) is 5.15. The molecule has 0 radical (unpaired) electrons. The van der Waals surface area contributed by atoms with Gasteiger partial charge in [0.1, 0.15) is 5.75 Å². The zero-order chi connectivity index (χ0) is 14.1. The molecule has 2 aliphatic heterocycles. The van der Waals surface area contributed by atoms with Crippen molar-refractivity contribution in [1.82, 2.24) is 4.90 Å². The van der Waals surface area contributed by atoms with Crippen molar-refractivity contribution in [3.05, 3.63) is 29.3 Å². The van der Waals surface area contributed by atoms with Gasteiger partial charge in [-0.3, -0.25) is 4.79 Å². The molecule has 0 bridgehead atoms. The van der Waals surface area contributed by atoms with Crippen LogP contribution >= 0.6 is 0 Å². The van der Waals surface area contributed by atoms with E-state index in [-0.39, 0.29) is 5.91 Å². The first kappa shape index (κ1) is 13.0. The molecule has 1 aromatic carbocycles. The molecule has 1 aromatic rings. The van der Waals surface area contributed by atoms with Crippen molar-refractivity contribution in [2.24, 2.45) is 5.16 Å². The maximum Gasteiger partial charge on any atom is 0.267 e. The van der Waals surface area contributed by atoms with Crippen LogP contribution in [-0.2, 0) is 22.6 Å². The minimum atomic E-state index is -0.435. The van der Waals surface area contributed by atoms with E-state index in [1.54, 1.807) is 7.11 Å². The van der Waals surface area contributed by atoms with E-state index in [2.05, 4.69) is 11.2 Å². The van der Waals surface area contributed by atoms with Gasteiger partial charge >= 0.3 is 0 Å². The first-order chi connectivity index (χ1) is 9.67. The zero-order valence-corrected chi connectivity index (χ0v) is 11.8. The molecular weight excluding hydrogens is 256 g/mol. The second-order valence-electron chi connectivity index (χ2n) is 5.27. The fourth-order valence-corrected chi connectivity index (χ4v) is 2.68. The highest BCUT2D eigenvalue weighted by atomic mass is 16.6. The Morgan fingerprint density at radius 2 is 2.30 bits per heavy atom. The number of methoxy groups -OCH3 is 1. The smallest absolute Gasteiger partial charge is 0.267 e. The largest absolute Gasteiger partial charge is 0.497 e. The molecular formula is C15H18N2O3. The molecule has 2 aliphatic rings. The summed E-state index contributed by atoms with van der Waals surface area (Å²) in [5.41, 5.74) is 3.32. The van der Waals surface area contributed by atoms with E-state index in [1.165, 1.54) is 11.1 Å². The molecule has 0 spiro atoms. The molecule has 0 fully saturated rings. The van der Waals surface area contributed by atoms with E-state index < -0.39 is 6.10 Å². The van der Waals surface area contributed by atoms with E-state index in [9.17, 15) is 4.79 Å². The highest BCUT2D eigenvalue weighted by Gasteiger charge is 2.32. The Kier molecular flexibility index (Phi) is 3.34. The number of hydrogen-bond acceptors (Lipinski definition) is 4. The summed E-state index contributed by atoms with van der Waals surface area (Å²) in [6.45, 7) is 3.24. The van der Waals surface area contributed by atoms with Gasteiger partial charge in [-0.05, 0) is 36.6 Å². The number of carbonyl (C=O) groups excluding carboxylic acids is 1. The maximum absolute atomic E-state index is 12.4. The van der Waals surface area contributed by atoms with Crippen molar-refractivity contribution in [2.75, 3.05) is 13.7 Å². The van der Waals surface area contributed by atoms with Crippen molar-refractivity contribution < 1.29 is 14.4 Å². The zero-order valence-electron chi connectivity index (χ0n) is 11.8. The Hall–Kier alpha value is -2.04. The Bertz CT molecular complexity index is 568. The van der Waals surface area contributed by atoms with E-state index >= 15 is 0 Å². The Morgan fingerprint density at radius 3 is 3.00 bits per heavy atom. The standard InChI is InChI=1S/C15H18N2O3/c1-10-7-14(20-16-10)15(18)17-6-5-11-8-13(19-2)4-3-12(11)9-17/h3-4,8,14H,5-7,9H2,1-2H3. The molecule has 2 heterocycles. The molecule has 0 N–H and O–H groups in total. The van der Waals surface area contributed by atoms with Crippen molar-refractivity contribution in [1.29, 1.82) is 0 Å². The van der Waals surface area contributed by atoms with E-state index in [0.717, 1.165) is 24.4 Å². The van der Waals surface area contributed by atoms with Gasteiger partial charge in [0.25, 0.3) is 5.91 Å². The lowest BCUT2D eigenvalue weighted by molar-refractivity contribution is -0.143. The molecule has 1 unspecified atom stereocenters. The number of hydrogen-bond donors (Lipinski definition) is 0. The monoisotopic (exact) mass is 274 g/mol. The SMILES string of the molecule is COc1ccc2c(c1)CCN(C(=O)C1CC(C)=NO1)C2. The Morgan fingerprint density at radius 1 is 1.45 bits per heavy atom. The number of benzene rings is 1. The summed E-state index contributed by atoms with van der Waals surface area (Å²) in [5.74, 6) is 0.902. The van der Waals surface area contributed by atoms with Crippen LogP contribution in [0.1, 0.15) is 24.5 Å². The molecule has 1 atom stereocenters. The summed E-state index contributed by atoms with van der Waals surface area (Å²) in [5, 5.41) is 3.85. The predicted molar refractivity (Wildman–Crippen MR) is 74.7 cm³/mol. The third kappa shape index (κ3) is 2.35. The van der Waals surface area contributed by atoms with Gasteiger partial charge in [0.05, 0.1) is 12.8 Å². The average molecular weight is 274 g/mol. The summed E-state index contributed by atoms with van der Waals surface area (Å²) < 4.78 is 5.23.